The predicted molar refractivity (Wildman–Crippen MR) is 127 cm³/mol. The summed E-state index contributed by atoms with van der Waals surface area (Å²) in [7, 11) is 0. The summed E-state index contributed by atoms with van der Waals surface area (Å²) in [5.41, 5.74) is 1.19. The van der Waals surface area contributed by atoms with Crippen LogP contribution < -0.4 is 0 Å². The van der Waals surface area contributed by atoms with Crippen LogP contribution in [-0.2, 0) is 29.0 Å². The van der Waals surface area contributed by atoms with Crippen LogP contribution in [0.1, 0.15) is 64.3 Å². The van der Waals surface area contributed by atoms with Gasteiger partial charge in [-0.05, 0) is 31.2 Å². The first-order valence-corrected chi connectivity index (χ1v) is 12.6. The second kappa shape index (κ2) is 8.62. The quantitative estimate of drug-likeness (QED) is 0.698. The number of likely N-dealkylation sites (tertiary alicyclic amines) is 2. The standard InChI is InChI=1S/C27H36N4O2/c1-4-25-28-14-15-29(25)18-26(33)31-22-17-27(3)23(12-8-9-13-24(27)31)30(19(2)32)21(22)16-20-10-6-5-7-11-20/h5-7,10-11,14-15,21-24H,4,8-9,12-13,16-18H2,1-3H3/t21-,22+,23-,24+,27-/m1/s1. The average Bonchev–Trinajstić information content (AvgIpc) is 3.30. The summed E-state index contributed by atoms with van der Waals surface area (Å²) in [6, 6.07) is 10.9. The molecule has 2 aromatic rings. The van der Waals surface area contributed by atoms with E-state index in [0.717, 1.165) is 50.8 Å². The second-order valence-corrected chi connectivity index (χ2v) is 10.4. The van der Waals surface area contributed by atoms with E-state index >= 15 is 0 Å². The molecule has 6 heteroatoms. The Hall–Kier alpha value is -2.63. The molecule has 1 aliphatic carbocycles. The van der Waals surface area contributed by atoms with Gasteiger partial charge in [-0.15, -0.1) is 0 Å². The molecule has 0 radical (unpaired) electrons. The molecular weight excluding hydrogens is 412 g/mol. The molecule has 1 aromatic heterocycles. The lowest BCUT2D eigenvalue weighted by Gasteiger charge is -2.50. The van der Waals surface area contributed by atoms with E-state index < -0.39 is 0 Å². The number of aryl methyl sites for hydroxylation is 1. The number of carbonyl (C=O) groups excluding carboxylic acids is 2. The Labute approximate surface area is 197 Å². The first-order valence-electron chi connectivity index (χ1n) is 12.6. The number of benzene rings is 1. The van der Waals surface area contributed by atoms with E-state index in [-0.39, 0.29) is 41.4 Å². The van der Waals surface area contributed by atoms with Crippen LogP contribution in [0.5, 0.6) is 0 Å². The Morgan fingerprint density at radius 1 is 1.09 bits per heavy atom. The van der Waals surface area contributed by atoms with Crippen LogP contribution in [0.25, 0.3) is 0 Å². The summed E-state index contributed by atoms with van der Waals surface area (Å²) >= 11 is 0. The van der Waals surface area contributed by atoms with E-state index in [1.807, 2.05) is 16.8 Å². The molecule has 0 unspecified atom stereocenters. The van der Waals surface area contributed by atoms with E-state index in [9.17, 15) is 9.59 Å². The number of fused-ring (bicyclic) bond motifs is 1. The third-order valence-electron chi connectivity index (χ3n) is 8.57. The second-order valence-electron chi connectivity index (χ2n) is 10.4. The van der Waals surface area contributed by atoms with Crippen LogP contribution in [0, 0.1) is 5.41 Å². The summed E-state index contributed by atoms with van der Waals surface area (Å²) in [6.07, 6.45) is 10.6. The molecule has 33 heavy (non-hydrogen) atoms. The number of aromatic nitrogens is 2. The smallest absolute Gasteiger partial charge is 0.243 e. The number of hydrogen-bond acceptors (Lipinski definition) is 3. The van der Waals surface area contributed by atoms with Crippen molar-refractivity contribution in [3.05, 3.63) is 54.1 Å². The number of hydrogen-bond donors (Lipinski definition) is 0. The minimum absolute atomic E-state index is 0.0171. The number of carbonyl (C=O) groups is 2. The average molecular weight is 449 g/mol. The van der Waals surface area contributed by atoms with Gasteiger partial charge in [0, 0.05) is 43.2 Å². The molecule has 6 nitrogen and oxygen atoms in total. The highest BCUT2D eigenvalue weighted by Crippen LogP contribution is 2.55. The fourth-order valence-corrected chi connectivity index (χ4v) is 7.19. The Morgan fingerprint density at radius 2 is 1.79 bits per heavy atom. The third-order valence-corrected chi connectivity index (χ3v) is 8.57. The molecule has 5 rings (SSSR count). The largest absolute Gasteiger partial charge is 0.334 e. The zero-order chi connectivity index (χ0) is 23.2. The monoisotopic (exact) mass is 448 g/mol. The van der Waals surface area contributed by atoms with Crippen molar-refractivity contribution >= 4 is 11.8 Å². The van der Waals surface area contributed by atoms with Gasteiger partial charge >= 0.3 is 0 Å². The van der Waals surface area contributed by atoms with Gasteiger partial charge in [-0.2, -0.15) is 0 Å². The highest BCUT2D eigenvalue weighted by molar-refractivity contribution is 5.79. The van der Waals surface area contributed by atoms with E-state index in [2.05, 4.69) is 52.9 Å². The van der Waals surface area contributed by atoms with Gasteiger partial charge in [0.1, 0.15) is 12.4 Å². The Morgan fingerprint density at radius 3 is 2.45 bits per heavy atom. The van der Waals surface area contributed by atoms with Crippen molar-refractivity contribution < 1.29 is 9.59 Å². The molecule has 2 saturated heterocycles. The van der Waals surface area contributed by atoms with Crippen LogP contribution >= 0.6 is 0 Å². The van der Waals surface area contributed by atoms with Crippen molar-refractivity contribution in [1.82, 2.24) is 19.4 Å². The number of nitrogens with zero attached hydrogens (tertiary/aromatic N) is 4. The minimum atomic E-state index is -0.0434. The summed E-state index contributed by atoms with van der Waals surface area (Å²) in [4.78, 5) is 35.8. The maximum absolute atomic E-state index is 13.9. The predicted octanol–water partition coefficient (Wildman–Crippen LogP) is 3.84. The number of imidazole rings is 1. The van der Waals surface area contributed by atoms with Crippen molar-refractivity contribution in [2.24, 2.45) is 5.41 Å². The van der Waals surface area contributed by atoms with E-state index in [4.69, 9.17) is 0 Å². The normalized spacial score (nSPS) is 30.9. The Bertz CT molecular complexity index is 1020. The zero-order valence-electron chi connectivity index (χ0n) is 20.1. The minimum Gasteiger partial charge on any atom is -0.334 e. The topological polar surface area (TPSA) is 58.4 Å². The van der Waals surface area contributed by atoms with Crippen LogP contribution in [-0.4, -0.2) is 55.3 Å². The van der Waals surface area contributed by atoms with Gasteiger partial charge in [-0.25, -0.2) is 4.98 Å². The molecule has 0 N–H and O–H groups in total. The van der Waals surface area contributed by atoms with Crippen molar-refractivity contribution in [2.75, 3.05) is 0 Å². The molecule has 2 amide bonds. The molecule has 2 aliphatic heterocycles. The Kier molecular flexibility index (Phi) is 5.79. The molecule has 176 valence electrons. The molecule has 1 aromatic carbocycles. The van der Waals surface area contributed by atoms with Gasteiger partial charge in [0.2, 0.25) is 11.8 Å². The zero-order valence-corrected chi connectivity index (χ0v) is 20.1. The van der Waals surface area contributed by atoms with Gasteiger partial charge in [0.05, 0.1) is 12.1 Å². The number of piperidine rings is 1. The van der Waals surface area contributed by atoms with Crippen molar-refractivity contribution in [2.45, 2.75) is 96.4 Å². The number of amides is 2. The molecule has 5 atom stereocenters. The molecular formula is C27H36N4O2. The van der Waals surface area contributed by atoms with Crippen LogP contribution in [0.4, 0.5) is 0 Å². The van der Waals surface area contributed by atoms with Crippen molar-refractivity contribution in [3.8, 4) is 0 Å². The lowest BCUT2D eigenvalue weighted by atomic mass is 9.69. The fraction of sp³-hybridized carbons (Fsp3) is 0.593. The third kappa shape index (κ3) is 3.68. The van der Waals surface area contributed by atoms with Gasteiger partial charge < -0.3 is 14.4 Å². The van der Waals surface area contributed by atoms with E-state index in [1.165, 1.54) is 5.56 Å². The molecule has 3 fully saturated rings. The van der Waals surface area contributed by atoms with Gasteiger partial charge in [-0.3, -0.25) is 9.59 Å². The van der Waals surface area contributed by atoms with E-state index in [1.54, 1.807) is 13.1 Å². The van der Waals surface area contributed by atoms with Crippen molar-refractivity contribution in [3.63, 3.8) is 0 Å². The molecule has 1 saturated carbocycles. The molecule has 3 aliphatic rings. The van der Waals surface area contributed by atoms with Crippen LogP contribution in [0.15, 0.2) is 42.7 Å². The first kappa shape index (κ1) is 22.2. The summed E-state index contributed by atoms with van der Waals surface area (Å²) in [5.74, 6) is 1.27. The van der Waals surface area contributed by atoms with Crippen molar-refractivity contribution in [1.29, 1.82) is 0 Å². The molecule has 3 heterocycles. The lowest BCUT2D eigenvalue weighted by molar-refractivity contribution is -0.143. The van der Waals surface area contributed by atoms with Gasteiger partial charge in [0.25, 0.3) is 0 Å². The highest BCUT2D eigenvalue weighted by atomic mass is 16.2. The fourth-order valence-electron chi connectivity index (χ4n) is 7.19. The summed E-state index contributed by atoms with van der Waals surface area (Å²) in [6.45, 7) is 6.47. The van der Waals surface area contributed by atoms with Gasteiger partial charge in [0.15, 0.2) is 0 Å². The van der Waals surface area contributed by atoms with Crippen LogP contribution in [0.2, 0.25) is 0 Å². The molecule has 0 spiro atoms. The maximum atomic E-state index is 13.9. The first-order chi connectivity index (χ1) is 15.9. The van der Waals surface area contributed by atoms with E-state index in [0.29, 0.717) is 6.54 Å². The highest BCUT2D eigenvalue weighted by Gasteiger charge is 2.63. The SMILES string of the molecule is CCc1nccn1CC(=O)N1[C@H]2CCCC[C@H]3N(C(C)=O)[C@H](Cc4ccccc4)[C@@H]1C[C@@]23C. The summed E-state index contributed by atoms with van der Waals surface area (Å²) < 4.78 is 2.00. The molecule has 2 bridgehead atoms. The van der Waals surface area contributed by atoms with Crippen LogP contribution in [0.3, 0.4) is 0 Å². The Balaban J connectivity index is 1.55. The maximum Gasteiger partial charge on any atom is 0.243 e. The number of rotatable bonds is 5. The lowest BCUT2D eigenvalue weighted by Crippen LogP contribution is -2.61. The summed E-state index contributed by atoms with van der Waals surface area (Å²) in [5, 5.41) is 0. The van der Waals surface area contributed by atoms with Gasteiger partial charge in [-0.1, -0.05) is 57.0 Å².